The molecule has 0 bridgehead atoms. The zero-order valence-corrected chi connectivity index (χ0v) is 9.60. The molecule has 6 heteroatoms. The molecule has 2 atom stereocenters. The van der Waals surface area contributed by atoms with Gasteiger partial charge in [0.05, 0.1) is 7.11 Å². The van der Waals surface area contributed by atoms with Crippen LogP contribution in [0.3, 0.4) is 0 Å². The van der Waals surface area contributed by atoms with Crippen LogP contribution in [0.15, 0.2) is 0 Å². The molecule has 0 saturated heterocycles. The fourth-order valence-electron chi connectivity index (χ4n) is 1.81. The van der Waals surface area contributed by atoms with E-state index in [0.29, 0.717) is 12.0 Å². The topological polar surface area (TPSA) is 86.0 Å². The number of methoxy groups -OCH3 is 1. The van der Waals surface area contributed by atoms with Gasteiger partial charge in [-0.25, -0.2) is 0 Å². The normalized spacial score (nSPS) is 22.9. The minimum absolute atomic E-state index is 0.182. The molecule has 88 valence electrons. The van der Waals surface area contributed by atoms with Crippen LogP contribution in [0.5, 0.6) is 6.01 Å². The lowest BCUT2D eigenvalue weighted by molar-refractivity contribution is 0.379. The van der Waals surface area contributed by atoms with Crippen LogP contribution in [-0.2, 0) is 0 Å². The number of aromatic nitrogens is 3. The van der Waals surface area contributed by atoms with Crippen LogP contribution >= 0.6 is 0 Å². The molecule has 3 N–H and O–H groups in total. The second kappa shape index (κ2) is 4.51. The third-order valence-corrected chi connectivity index (χ3v) is 2.71. The maximum atomic E-state index is 5.54. The van der Waals surface area contributed by atoms with Crippen molar-refractivity contribution in [2.24, 2.45) is 5.92 Å². The molecule has 1 aliphatic rings. The highest BCUT2D eigenvalue weighted by Crippen LogP contribution is 2.36. The number of nitrogen functional groups attached to an aromatic ring is 1. The van der Waals surface area contributed by atoms with Gasteiger partial charge in [-0.2, -0.15) is 15.0 Å². The number of rotatable bonds is 5. The van der Waals surface area contributed by atoms with Gasteiger partial charge >= 0.3 is 6.01 Å². The fraction of sp³-hybridized carbons (Fsp3) is 0.700. The lowest BCUT2D eigenvalue weighted by Gasteiger charge is -2.05. The van der Waals surface area contributed by atoms with Crippen molar-refractivity contribution in [1.82, 2.24) is 15.0 Å². The van der Waals surface area contributed by atoms with Gasteiger partial charge in [-0.1, -0.05) is 13.3 Å². The van der Waals surface area contributed by atoms with Crippen molar-refractivity contribution < 1.29 is 4.74 Å². The highest BCUT2D eigenvalue weighted by atomic mass is 16.5. The van der Waals surface area contributed by atoms with E-state index >= 15 is 0 Å². The van der Waals surface area contributed by atoms with E-state index in [1.165, 1.54) is 26.4 Å². The average Bonchev–Trinajstić information content (AvgIpc) is 2.96. The number of anilines is 2. The monoisotopic (exact) mass is 223 g/mol. The Morgan fingerprint density at radius 2 is 2.25 bits per heavy atom. The molecule has 2 rings (SSSR count). The van der Waals surface area contributed by atoms with Crippen molar-refractivity contribution in [2.45, 2.75) is 32.2 Å². The van der Waals surface area contributed by atoms with Crippen LogP contribution in [0.25, 0.3) is 0 Å². The minimum Gasteiger partial charge on any atom is -0.467 e. The van der Waals surface area contributed by atoms with Gasteiger partial charge in [-0.15, -0.1) is 0 Å². The van der Waals surface area contributed by atoms with Crippen LogP contribution in [0.2, 0.25) is 0 Å². The first-order valence-corrected chi connectivity index (χ1v) is 5.55. The maximum Gasteiger partial charge on any atom is 0.322 e. The number of nitrogens with two attached hydrogens (primary N) is 1. The van der Waals surface area contributed by atoms with Gasteiger partial charge in [0.15, 0.2) is 0 Å². The number of ether oxygens (including phenoxy) is 1. The van der Waals surface area contributed by atoms with E-state index in [2.05, 4.69) is 27.2 Å². The summed E-state index contributed by atoms with van der Waals surface area (Å²) in [7, 11) is 1.51. The van der Waals surface area contributed by atoms with Crippen molar-refractivity contribution >= 4 is 11.9 Å². The van der Waals surface area contributed by atoms with E-state index in [-0.39, 0.29) is 12.0 Å². The molecule has 1 heterocycles. The Morgan fingerprint density at radius 3 is 2.94 bits per heavy atom. The molecule has 6 nitrogen and oxygen atoms in total. The molecule has 0 spiro atoms. The van der Waals surface area contributed by atoms with Crippen molar-refractivity contribution in [3.05, 3.63) is 0 Å². The molecule has 2 unspecified atom stereocenters. The largest absolute Gasteiger partial charge is 0.467 e. The van der Waals surface area contributed by atoms with Gasteiger partial charge in [0.2, 0.25) is 11.9 Å². The van der Waals surface area contributed by atoms with E-state index in [1.54, 1.807) is 0 Å². The Morgan fingerprint density at radius 1 is 1.44 bits per heavy atom. The predicted octanol–water partition coefficient (Wildman–Crippen LogP) is 1.06. The van der Waals surface area contributed by atoms with Crippen LogP contribution in [0, 0.1) is 5.92 Å². The molecule has 1 saturated carbocycles. The number of hydrogen-bond donors (Lipinski definition) is 2. The molecule has 1 aliphatic carbocycles. The lowest BCUT2D eigenvalue weighted by Crippen LogP contribution is -2.11. The van der Waals surface area contributed by atoms with Crippen LogP contribution < -0.4 is 15.8 Å². The highest BCUT2D eigenvalue weighted by molar-refractivity contribution is 5.35. The molecular weight excluding hydrogens is 206 g/mol. The molecule has 0 amide bonds. The predicted molar refractivity (Wildman–Crippen MR) is 61.2 cm³/mol. The quantitative estimate of drug-likeness (QED) is 0.776. The first kappa shape index (κ1) is 10.9. The second-order valence-corrected chi connectivity index (χ2v) is 4.04. The zero-order valence-electron chi connectivity index (χ0n) is 9.60. The van der Waals surface area contributed by atoms with E-state index in [0.717, 1.165) is 5.92 Å². The average molecular weight is 223 g/mol. The van der Waals surface area contributed by atoms with Crippen LogP contribution in [0.1, 0.15) is 26.2 Å². The molecule has 1 aromatic heterocycles. The van der Waals surface area contributed by atoms with E-state index < -0.39 is 0 Å². The number of hydrogen-bond acceptors (Lipinski definition) is 6. The Kier molecular flexibility index (Phi) is 3.07. The summed E-state index contributed by atoms with van der Waals surface area (Å²) in [5, 5.41) is 3.24. The summed E-state index contributed by atoms with van der Waals surface area (Å²) >= 11 is 0. The van der Waals surface area contributed by atoms with E-state index in [9.17, 15) is 0 Å². The van der Waals surface area contributed by atoms with Gasteiger partial charge < -0.3 is 15.8 Å². The Balaban J connectivity index is 1.97. The second-order valence-electron chi connectivity index (χ2n) is 4.04. The molecule has 16 heavy (non-hydrogen) atoms. The lowest BCUT2D eigenvalue weighted by atomic mass is 10.2. The standard InChI is InChI=1S/C10H17N5O/c1-3-4-6-5-7(6)12-9-13-8(11)14-10(15-9)16-2/h6-7H,3-5H2,1-2H3,(H3,11,12,13,14,15). The summed E-state index contributed by atoms with van der Waals surface area (Å²) in [5.74, 6) is 1.43. The van der Waals surface area contributed by atoms with Crippen molar-refractivity contribution in [1.29, 1.82) is 0 Å². The third kappa shape index (κ3) is 2.50. The summed E-state index contributed by atoms with van der Waals surface area (Å²) in [6.45, 7) is 2.19. The zero-order chi connectivity index (χ0) is 11.5. The first-order chi connectivity index (χ1) is 7.72. The van der Waals surface area contributed by atoms with Gasteiger partial charge in [-0.05, 0) is 18.8 Å². The molecule has 0 aromatic carbocycles. The summed E-state index contributed by atoms with van der Waals surface area (Å²) in [5.41, 5.74) is 5.54. The summed E-state index contributed by atoms with van der Waals surface area (Å²) < 4.78 is 4.93. The molecule has 0 aliphatic heterocycles. The van der Waals surface area contributed by atoms with E-state index in [4.69, 9.17) is 10.5 Å². The maximum absolute atomic E-state index is 5.54. The Hall–Kier alpha value is -1.59. The minimum atomic E-state index is 0.182. The van der Waals surface area contributed by atoms with Gasteiger partial charge in [0.25, 0.3) is 0 Å². The van der Waals surface area contributed by atoms with Gasteiger partial charge in [0, 0.05) is 6.04 Å². The molecule has 1 aromatic rings. The molecule has 0 radical (unpaired) electrons. The van der Waals surface area contributed by atoms with E-state index in [1.807, 2.05) is 0 Å². The Labute approximate surface area is 94.6 Å². The number of nitrogens with zero attached hydrogens (tertiary/aromatic N) is 3. The summed E-state index contributed by atoms with van der Waals surface area (Å²) in [6, 6.07) is 0.731. The summed E-state index contributed by atoms with van der Waals surface area (Å²) in [6.07, 6.45) is 3.64. The van der Waals surface area contributed by atoms with Crippen molar-refractivity contribution in [3.63, 3.8) is 0 Å². The molecule has 1 fully saturated rings. The number of nitrogens with one attached hydrogen (secondary N) is 1. The van der Waals surface area contributed by atoms with Gasteiger partial charge in [-0.3, -0.25) is 0 Å². The third-order valence-electron chi connectivity index (χ3n) is 2.71. The van der Waals surface area contributed by atoms with Crippen molar-refractivity contribution in [3.8, 4) is 6.01 Å². The van der Waals surface area contributed by atoms with Crippen LogP contribution in [0.4, 0.5) is 11.9 Å². The SMILES string of the molecule is CCCC1CC1Nc1nc(N)nc(OC)n1. The summed E-state index contributed by atoms with van der Waals surface area (Å²) in [4.78, 5) is 11.9. The Bertz CT molecular complexity index is 370. The highest BCUT2D eigenvalue weighted by Gasteiger charge is 2.36. The smallest absolute Gasteiger partial charge is 0.322 e. The first-order valence-electron chi connectivity index (χ1n) is 5.55. The van der Waals surface area contributed by atoms with Gasteiger partial charge in [0.1, 0.15) is 0 Å². The van der Waals surface area contributed by atoms with Crippen molar-refractivity contribution in [2.75, 3.05) is 18.2 Å². The van der Waals surface area contributed by atoms with Crippen LogP contribution in [-0.4, -0.2) is 28.1 Å². The fourth-order valence-corrected chi connectivity index (χ4v) is 1.81. The molecular formula is C10H17N5O.